The van der Waals surface area contributed by atoms with Crippen LogP contribution in [0.25, 0.3) is 0 Å². The lowest BCUT2D eigenvalue weighted by atomic mass is 9.83. The molecule has 236 valence electrons. The van der Waals surface area contributed by atoms with Gasteiger partial charge in [0.2, 0.25) is 0 Å². The van der Waals surface area contributed by atoms with E-state index >= 15 is 0 Å². The van der Waals surface area contributed by atoms with Crippen molar-refractivity contribution in [2.75, 3.05) is 13.7 Å². The molecular weight excluding hydrogens is 568 g/mol. The van der Waals surface area contributed by atoms with Crippen LogP contribution in [0.1, 0.15) is 22.3 Å². The van der Waals surface area contributed by atoms with E-state index in [4.69, 9.17) is 28.4 Å². The summed E-state index contributed by atoms with van der Waals surface area (Å²) in [6.45, 7) is 5.24. The Kier molecular flexibility index (Phi) is 12.3. The minimum absolute atomic E-state index is 0.242. The molecule has 0 aliphatic heterocycles. The number of aliphatic hydroxyl groups is 1. The van der Waals surface area contributed by atoms with Gasteiger partial charge in [-0.15, -0.1) is 6.58 Å². The second-order valence-corrected chi connectivity index (χ2v) is 11.0. The standard InChI is InChI=1S/C38H42O7/c1-3-23-41-36-34(43-27-31-19-21-32(40-2)22-20-31)33(39)35(42-24-28-13-7-4-8-14-28)37(44-25-29-15-9-5-10-16-29)38(36)45-26-30-17-11-6-12-18-30/h3-22,33-39H,1,23-27H2,2H3/t33-,34-,35+,36-,37-,38-/m0/s1. The zero-order chi connectivity index (χ0) is 31.3. The fourth-order valence-corrected chi connectivity index (χ4v) is 5.49. The summed E-state index contributed by atoms with van der Waals surface area (Å²) in [6, 6.07) is 37.4. The molecule has 0 bridgehead atoms. The van der Waals surface area contributed by atoms with Gasteiger partial charge in [-0.3, -0.25) is 0 Å². The fraction of sp³-hybridized carbons (Fsp3) is 0.316. The monoisotopic (exact) mass is 610 g/mol. The van der Waals surface area contributed by atoms with Crippen LogP contribution in [0, 0.1) is 0 Å². The summed E-state index contributed by atoms with van der Waals surface area (Å²) in [5.41, 5.74) is 3.91. The Bertz CT molecular complexity index is 1400. The Hall–Kier alpha value is -3.82. The van der Waals surface area contributed by atoms with Crippen LogP contribution in [-0.2, 0) is 50.1 Å². The molecule has 1 saturated carbocycles. The number of hydrogen-bond acceptors (Lipinski definition) is 7. The van der Waals surface area contributed by atoms with Crippen LogP contribution < -0.4 is 4.74 Å². The summed E-state index contributed by atoms with van der Waals surface area (Å²) in [5, 5.41) is 12.0. The highest BCUT2D eigenvalue weighted by molar-refractivity contribution is 5.27. The molecule has 1 aliphatic rings. The van der Waals surface area contributed by atoms with Gasteiger partial charge in [-0.25, -0.2) is 0 Å². The SMILES string of the molecule is C=CCO[C@@H]1[C@H](OCc2ccccc2)[C@@H](OCc2ccccc2)[C@H](OCc2ccccc2)[C@@H](O)[C@@H]1OCc1ccc(OC)cc1. The van der Waals surface area contributed by atoms with E-state index in [0.717, 1.165) is 28.0 Å². The molecule has 45 heavy (non-hydrogen) atoms. The largest absolute Gasteiger partial charge is 0.497 e. The molecule has 0 unspecified atom stereocenters. The van der Waals surface area contributed by atoms with E-state index in [0.29, 0.717) is 13.2 Å². The number of benzene rings is 4. The van der Waals surface area contributed by atoms with Crippen LogP contribution in [0.5, 0.6) is 5.75 Å². The molecule has 7 heteroatoms. The van der Waals surface area contributed by atoms with Gasteiger partial charge in [-0.05, 0) is 34.4 Å². The van der Waals surface area contributed by atoms with Crippen molar-refractivity contribution in [3.05, 3.63) is 150 Å². The van der Waals surface area contributed by atoms with Crippen molar-refractivity contribution in [3.8, 4) is 5.75 Å². The summed E-state index contributed by atoms with van der Waals surface area (Å²) in [7, 11) is 1.63. The molecule has 0 saturated heterocycles. The van der Waals surface area contributed by atoms with Crippen LogP contribution in [0.2, 0.25) is 0 Å². The second-order valence-electron chi connectivity index (χ2n) is 11.0. The molecule has 0 heterocycles. The summed E-state index contributed by atoms with van der Waals surface area (Å²) in [6.07, 6.45) is -2.97. The second kappa shape index (κ2) is 17.0. The van der Waals surface area contributed by atoms with Gasteiger partial charge >= 0.3 is 0 Å². The van der Waals surface area contributed by atoms with E-state index < -0.39 is 36.6 Å². The van der Waals surface area contributed by atoms with Gasteiger partial charge in [0.25, 0.3) is 0 Å². The highest BCUT2D eigenvalue weighted by atomic mass is 16.6. The molecule has 1 N–H and O–H groups in total. The molecule has 0 radical (unpaired) electrons. The van der Waals surface area contributed by atoms with E-state index in [1.807, 2.05) is 115 Å². The van der Waals surface area contributed by atoms with E-state index in [2.05, 4.69) is 6.58 Å². The highest BCUT2D eigenvalue weighted by Crippen LogP contribution is 2.34. The first-order valence-corrected chi connectivity index (χ1v) is 15.3. The Morgan fingerprint density at radius 1 is 0.511 bits per heavy atom. The van der Waals surface area contributed by atoms with E-state index in [1.165, 1.54) is 0 Å². The fourth-order valence-electron chi connectivity index (χ4n) is 5.49. The van der Waals surface area contributed by atoms with Crippen molar-refractivity contribution in [1.29, 1.82) is 0 Å². The number of ether oxygens (including phenoxy) is 6. The van der Waals surface area contributed by atoms with Gasteiger partial charge in [0.1, 0.15) is 42.4 Å². The molecule has 7 nitrogen and oxygen atoms in total. The molecule has 1 aliphatic carbocycles. The maximum Gasteiger partial charge on any atom is 0.118 e. The molecule has 4 aromatic carbocycles. The quantitative estimate of drug-likeness (QED) is 0.150. The molecule has 0 spiro atoms. The average Bonchev–Trinajstić information content (AvgIpc) is 3.10. The summed E-state index contributed by atoms with van der Waals surface area (Å²) < 4.78 is 37.9. The topological polar surface area (TPSA) is 75.6 Å². The van der Waals surface area contributed by atoms with Crippen molar-refractivity contribution in [2.24, 2.45) is 0 Å². The van der Waals surface area contributed by atoms with Crippen molar-refractivity contribution >= 4 is 0 Å². The lowest BCUT2D eigenvalue weighted by Crippen LogP contribution is -2.66. The lowest BCUT2D eigenvalue weighted by Gasteiger charge is -2.48. The van der Waals surface area contributed by atoms with E-state index in [1.54, 1.807) is 13.2 Å². The normalized spacial score (nSPS) is 23.0. The third-order valence-corrected chi connectivity index (χ3v) is 7.83. The molecule has 4 aromatic rings. The smallest absolute Gasteiger partial charge is 0.118 e. The van der Waals surface area contributed by atoms with Gasteiger partial charge in [0, 0.05) is 0 Å². The van der Waals surface area contributed by atoms with E-state index in [-0.39, 0.29) is 19.8 Å². The van der Waals surface area contributed by atoms with E-state index in [9.17, 15) is 5.11 Å². The summed E-state index contributed by atoms with van der Waals surface area (Å²) >= 11 is 0. The van der Waals surface area contributed by atoms with Gasteiger partial charge in [-0.1, -0.05) is 109 Å². The van der Waals surface area contributed by atoms with Crippen LogP contribution in [0.3, 0.4) is 0 Å². The van der Waals surface area contributed by atoms with Gasteiger partial charge in [0.15, 0.2) is 0 Å². The molecular formula is C38H42O7. The zero-order valence-corrected chi connectivity index (χ0v) is 25.7. The molecule has 0 aromatic heterocycles. The van der Waals surface area contributed by atoms with Crippen molar-refractivity contribution in [1.82, 2.24) is 0 Å². The maximum absolute atomic E-state index is 12.0. The Morgan fingerprint density at radius 2 is 0.867 bits per heavy atom. The minimum atomic E-state index is -1.08. The Morgan fingerprint density at radius 3 is 1.27 bits per heavy atom. The first kappa shape index (κ1) is 32.6. The highest BCUT2D eigenvalue weighted by Gasteiger charge is 2.54. The van der Waals surface area contributed by atoms with Crippen LogP contribution in [0.4, 0.5) is 0 Å². The van der Waals surface area contributed by atoms with Crippen LogP contribution >= 0.6 is 0 Å². The number of rotatable bonds is 16. The molecule has 0 amide bonds. The number of hydrogen-bond donors (Lipinski definition) is 1. The first-order valence-electron chi connectivity index (χ1n) is 15.3. The molecule has 6 atom stereocenters. The van der Waals surface area contributed by atoms with Crippen molar-refractivity contribution in [3.63, 3.8) is 0 Å². The summed E-state index contributed by atoms with van der Waals surface area (Å²) in [5.74, 6) is 0.755. The average molecular weight is 611 g/mol. The summed E-state index contributed by atoms with van der Waals surface area (Å²) in [4.78, 5) is 0. The van der Waals surface area contributed by atoms with Gasteiger partial charge in [-0.2, -0.15) is 0 Å². The number of aliphatic hydroxyl groups excluding tert-OH is 1. The van der Waals surface area contributed by atoms with Crippen molar-refractivity contribution in [2.45, 2.75) is 63.1 Å². The predicted octanol–water partition coefficient (Wildman–Crippen LogP) is 6.28. The predicted molar refractivity (Wildman–Crippen MR) is 173 cm³/mol. The zero-order valence-electron chi connectivity index (χ0n) is 25.7. The van der Waals surface area contributed by atoms with Crippen LogP contribution in [-0.4, -0.2) is 55.4 Å². The van der Waals surface area contributed by atoms with Gasteiger partial charge in [0.05, 0.1) is 40.1 Å². The third kappa shape index (κ3) is 9.11. The molecule has 1 fully saturated rings. The molecule has 5 rings (SSSR count). The lowest BCUT2D eigenvalue weighted by molar-refractivity contribution is -0.279. The first-order chi connectivity index (χ1) is 22.2. The van der Waals surface area contributed by atoms with Crippen LogP contribution in [0.15, 0.2) is 128 Å². The van der Waals surface area contributed by atoms with Gasteiger partial charge < -0.3 is 33.5 Å². The Balaban J connectivity index is 1.47. The number of methoxy groups -OCH3 is 1. The maximum atomic E-state index is 12.0. The third-order valence-electron chi connectivity index (χ3n) is 7.83. The Labute approximate surface area is 265 Å². The minimum Gasteiger partial charge on any atom is -0.497 e. The van der Waals surface area contributed by atoms with Crippen molar-refractivity contribution < 1.29 is 33.5 Å².